The third kappa shape index (κ3) is 8.61. The van der Waals surface area contributed by atoms with E-state index < -0.39 is 0 Å². The van der Waals surface area contributed by atoms with Gasteiger partial charge in [-0.15, -0.1) is 24.0 Å². The van der Waals surface area contributed by atoms with Crippen molar-refractivity contribution in [3.8, 4) is 0 Å². The summed E-state index contributed by atoms with van der Waals surface area (Å²) in [5.74, 6) is 0.832. The van der Waals surface area contributed by atoms with Crippen molar-refractivity contribution in [1.82, 2.24) is 30.2 Å². The monoisotopic (exact) mass is 527 g/mol. The lowest BCUT2D eigenvalue weighted by atomic mass is 10.1. The Bertz CT molecular complexity index is 745. The first kappa shape index (κ1) is 26.4. The van der Waals surface area contributed by atoms with Crippen molar-refractivity contribution in [2.24, 2.45) is 12.0 Å². The van der Waals surface area contributed by atoms with Crippen molar-refractivity contribution in [2.45, 2.75) is 32.0 Å². The highest BCUT2D eigenvalue weighted by Crippen LogP contribution is 2.16. The maximum atomic E-state index is 4.37. The molecular formula is C22H38IN7. The van der Waals surface area contributed by atoms with Gasteiger partial charge >= 0.3 is 0 Å². The molecule has 168 valence electrons. The number of aryl methyl sites for hydroxylation is 1. The van der Waals surface area contributed by atoms with E-state index in [0.29, 0.717) is 6.04 Å². The Labute approximate surface area is 198 Å². The molecule has 1 heterocycles. The molecule has 1 aromatic carbocycles. The zero-order valence-corrected chi connectivity index (χ0v) is 21.5. The van der Waals surface area contributed by atoms with Gasteiger partial charge in [0.25, 0.3) is 0 Å². The Hall–Kier alpha value is -1.65. The van der Waals surface area contributed by atoms with Crippen LogP contribution in [0.4, 0.5) is 0 Å². The maximum absolute atomic E-state index is 4.37. The Balaban J connectivity index is 0.00000450. The lowest BCUT2D eigenvalue weighted by Crippen LogP contribution is -2.43. The van der Waals surface area contributed by atoms with Gasteiger partial charge in [0.15, 0.2) is 5.96 Å². The number of nitrogens with one attached hydrogen (secondary N) is 2. The minimum absolute atomic E-state index is 0. The van der Waals surface area contributed by atoms with Gasteiger partial charge in [-0.3, -0.25) is 14.6 Å². The van der Waals surface area contributed by atoms with Gasteiger partial charge in [0.2, 0.25) is 0 Å². The van der Waals surface area contributed by atoms with Gasteiger partial charge in [0, 0.05) is 51.5 Å². The summed E-state index contributed by atoms with van der Waals surface area (Å²) in [4.78, 5) is 8.95. The number of nitrogens with zero attached hydrogens (tertiary/aromatic N) is 5. The minimum atomic E-state index is 0. The van der Waals surface area contributed by atoms with E-state index in [0.717, 1.165) is 32.0 Å². The molecule has 0 saturated heterocycles. The highest BCUT2D eigenvalue weighted by Gasteiger charge is 2.16. The first-order valence-corrected chi connectivity index (χ1v) is 10.2. The average Bonchev–Trinajstić information content (AvgIpc) is 3.13. The van der Waals surface area contributed by atoms with Crippen molar-refractivity contribution in [2.75, 3.05) is 41.3 Å². The van der Waals surface area contributed by atoms with E-state index in [9.17, 15) is 0 Å². The van der Waals surface area contributed by atoms with Crippen molar-refractivity contribution >= 4 is 29.9 Å². The van der Waals surface area contributed by atoms with E-state index in [1.807, 2.05) is 25.0 Å². The summed E-state index contributed by atoms with van der Waals surface area (Å²) in [7, 11) is 10.1. The van der Waals surface area contributed by atoms with Crippen molar-refractivity contribution in [1.29, 1.82) is 0 Å². The molecule has 2 rings (SSSR count). The SMILES string of the molecule is CN=C(NCCC(C)N(C)Cc1ccccc1)NCC(c1cnn(C)c1)N(C)C.I. The molecule has 0 saturated carbocycles. The maximum Gasteiger partial charge on any atom is 0.191 e. The van der Waals surface area contributed by atoms with Gasteiger partial charge in [0.05, 0.1) is 12.2 Å². The summed E-state index contributed by atoms with van der Waals surface area (Å²) in [6.45, 7) is 4.87. The molecular weight excluding hydrogens is 489 g/mol. The molecule has 1 aromatic heterocycles. The molecule has 8 heteroatoms. The van der Waals surface area contributed by atoms with Gasteiger partial charge in [-0.05, 0) is 40.1 Å². The van der Waals surface area contributed by atoms with Crippen LogP contribution in [0.2, 0.25) is 0 Å². The smallest absolute Gasteiger partial charge is 0.191 e. The predicted molar refractivity (Wildman–Crippen MR) is 136 cm³/mol. The molecule has 30 heavy (non-hydrogen) atoms. The van der Waals surface area contributed by atoms with Crippen LogP contribution >= 0.6 is 24.0 Å². The summed E-state index contributed by atoms with van der Waals surface area (Å²) >= 11 is 0. The van der Waals surface area contributed by atoms with Crippen LogP contribution in [0.1, 0.15) is 30.5 Å². The lowest BCUT2D eigenvalue weighted by Gasteiger charge is -2.26. The number of aliphatic imine (C=N–C) groups is 1. The van der Waals surface area contributed by atoms with E-state index in [4.69, 9.17) is 0 Å². The first-order valence-electron chi connectivity index (χ1n) is 10.2. The van der Waals surface area contributed by atoms with Crippen LogP contribution in [-0.2, 0) is 13.6 Å². The van der Waals surface area contributed by atoms with Gasteiger partial charge < -0.3 is 15.5 Å². The van der Waals surface area contributed by atoms with E-state index in [1.54, 1.807) is 0 Å². The topological polar surface area (TPSA) is 60.7 Å². The van der Waals surface area contributed by atoms with E-state index >= 15 is 0 Å². The molecule has 0 spiro atoms. The summed E-state index contributed by atoms with van der Waals surface area (Å²) in [5, 5.41) is 11.2. The largest absolute Gasteiger partial charge is 0.356 e. The number of likely N-dealkylation sites (N-methyl/N-ethyl adjacent to an activating group) is 1. The van der Waals surface area contributed by atoms with Gasteiger partial charge in [-0.1, -0.05) is 30.3 Å². The molecule has 0 bridgehead atoms. The highest BCUT2D eigenvalue weighted by atomic mass is 127. The molecule has 0 aliphatic heterocycles. The van der Waals surface area contributed by atoms with Gasteiger partial charge in [0.1, 0.15) is 0 Å². The van der Waals surface area contributed by atoms with Gasteiger partial charge in [-0.25, -0.2) is 0 Å². The molecule has 2 unspecified atom stereocenters. The summed E-state index contributed by atoms with van der Waals surface area (Å²) in [5.41, 5.74) is 2.54. The third-order valence-corrected chi connectivity index (χ3v) is 5.30. The van der Waals surface area contributed by atoms with Crippen LogP contribution in [0.25, 0.3) is 0 Å². The second kappa shape index (κ2) is 13.6. The van der Waals surface area contributed by atoms with Crippen molar-refractivity contribution < 1.29 is 0 Å². The average molecular weight is 527 g/mol. The van der Waals surface area contributed by atoms with E-state index in [-0.39, 0.29) is 30.0 Å². The molecule has 0 aliphatic carbocycles. The highest BCUT2D eigenvalue weighted by molar-refractivity contribution is 14.0. The fourth-order valence-electron chi connectivity index (χ4n) is 3.27. The second-order valence-corrected chi connectivity index (χ2v) is 7.85. The Morgan fingerprint density at radius 1 is 1.17 bits per heavy atom. The molecule has 0 radical (unpaired) electrons. The minimum Gasteiger partial charge on any atom is -0.356 e. The fourth-order valence-corrected chi connectivity index (χ4v) is 3.27. The van der Waals surface area contributed by atoms with Crippen LogP contribution in [0, 0.1) is 0 Å². The molecule has 2 N–H and O–H groups in total. The number of guanidine groups is 1. The van der Waals surface area contributed by atoms with Crippen LogP contribution in [0.15, 0.2) is 47.7 Å². The zero-order valence-electron chi connectivity index (χ0n) is 19.2. The lowest BCUT2D eigenvalue weighted by molar-refractivity contribution is 0.238. The predicted octanol–water partition coefficient (Wildman–Crippen LogP) is 2.72. The summed E-state index contributed by atoms with van der Waals surface area (Å²) in [6.07, 6.45) is 5.03. The van der Waals surface area contributed by atoms with Crippen LogP contribution in [0.5, 0.6) is 0 Å². The Morgan fingerprint density at radius 3 is 2.43 bits per heavy atom. The number of hydrogen-bond donors (Lipinski definition) is 2. The number of aromatic nitrogens is 2. The molecule has 0 amide bonds. The second-order valence-electron chi connectivity index (χ2n) is 7.85. The summed E-state index contributed by atoms with van der Waals surface area (Å²) in [6, 6.07) is 11.3. The van der Waals surface area contributed by atoms with E-state index in [1.165, 1.54) is 11.1 Å². The van der Waals surface area contributed by atoms with Crippen LogP contribution < -0.4 is 10.6 Å². The molecule has 2 aromatic rings. The van der Waals surface area contributed by atoms with Crippen molar-refractivity contribution in [3.63, 3.8) is 0 Å². The number of hydrogen-bond acceptors (Lipinski definition) is 4. The van der Waals surface area contributed by atoms with Crippen LogP contribution in [-0.4, -0.2) is 72.9 Å². The number of rotatable bonds is 10. The Morgan fingerprint density at radius 2 is 1.87 bits per heavy atom. The van der Waals surface area contributed by atoms with Gasteiger partial charge in [-0.2, -0.15) is 5.10 Å². The zero-order chi connectivity index (χ0) is 21.2. The number of benzene rings is 1. The molecule has 7 nitrogen and oxygen atoms in total. The standard InChI is InChI=1S/C22H37N7.HI/c1-18(28(5)16-19-10-8-7-9-11-19)12-13-24-22(23-2)25-15-21(27(3)4)20-14-26-29(6)17-20;/h7-11,14,17-18,21H,12-13,15-16H2,1-6H3,(H2,23,24,25);1H. The van der Waals surface area contributed by atoms with Crippen molar-refractivity contribution in [3.05, 3.63) is 53.9 Å². The normalized spacial score (nSPS) is 13.8. The molecule has 0 fully saturated rings. The Kier molecular flexibility index (Phi) is 12.0. The van der Waals surface area contributed by atoms with E-state index in [2.05, 4.69) is 95.1 Å². The number of halogens is 1. The first-order chi connectivity index (χ1) is 13.9. The van der Waals surface area contributed by atoms with Crippen LogP contribution in [0.3, 0.4) is 0 Å². The molecule has 2 atom stereocenters. The fraction of sp³-hybridized carbons (Fsp3) is 0.545. The molecule has 0 aliphatic rings. The quantitative estimate of drug-likeness (QED) is 0.283. The third-order valence-electron chi connectivity index (χ3n) is 5.30. The summed E-state index contributed by atoms with van der Waals surface area (Å²) < 4.78 is 1.84.